The van der Waals surface area contributed by atoms with E-state index in [1.165, 1.54) is 92.2 Å². The summed E-state index contributed by atoms with van der Waals surface area (Å²) in [5, 5.41) is 2.55. The Labute approximate surface area is 378 Å². The van der Waals surface area contributed by atoms with E-state index in [0.717, 1.165) is 23.2 Å². The number of hydrogen-bond acceptors (Lipinski definition) is 1. The summed E-state index contributed by atoms with van der Waals surface area (Å²) in [7, 11) is 0. The van der Waals surface area contributed by atoms with Crippen LogP contribution in [-0.2, 0) is 10.8 Å². The van der Waals surface area contributed by atoms with Gasteiger partial charge in [-0.3, -0.25) is 0 Å². The first kappa shape index (κ1) is 39.0. The lowest BCUT2D eigenvalue weighted by molar-refractivity contribution is 0.0233. The number of fused-ring (bicyclic) bond motifs is 5. The molecule has 2 bridgehead atoms. The van der Waals surface area contributed by atoms with Crippen molar-refractivity contribution in [2.75, 3.05) is 4.90 Å². The average molecular weight is 829 g/mol. The highest BCUT2D eigenvalue weighted by molar-refractivity contribution is 6.09. The Kier molecular flexibility index (Phi) is 9.13. The maximum atomic E-state index is 2.58. The molecule has 3 aliphatic rings. The summed E-state index contributed by atoms with van der Waals surface area (Å²) in [6, 6.07) is 72.9. The van der Waals surface area contributed by atoms with Crippen LogP contribution in [0, 0.1) is 23.7 Å². The van der Waals surface area contributed by atoms with Crippen LogP contribution in [0.2, 0.25) is 0 Å². The monoisotopic (exact) mass is 828 g/mol. The van der Waals surface area contributed by atoms with Crippen molar-refractivity contribution in [1.29, 1.82) is 0 Å². The third-order valence-corrected chi connectivity index (χ3v) is 15.9. The zero-order valence-electron chi connectivity index (χ0n) is 37.5. The van der Waals surface area contributed by atoms with E-state index in [2.05, 4.69) is 231 Å². The van der Waals surface area contributed by atoms with Crippen molar-refractivity contribution in [2.24, 2.45) is 23.7 Å². The highest BCUT2D eigenvalue weighted by Crippen LogP contribution is 2.65. The van der Waals surface area contributed by atoms with Gasteiger partial charge in [0, 0.05) is 44.2 Å². The van der Waals surface area contributed by atoms with Crippen LogP contribution in [0.25, 0.3) is 49.7 Å². The second-order valence-electron chi connectivity index (χ2n) is 20.0. The van der Waals surface area contributed by atoms with Crippen LogP contribution in [0.1, 0.15) is 75.6 Å². The largest absolute Gasteiger partial charge is 0.310 e. The summed E-state index contributed by atoms with van der Waals surface area (Å²) in [5.41, 5.74) is 18.1. The van der Waals surface area contributed by atoms with Gasteiger partial charge in [0.05, 0.1) is 16.7 Å². The van der Waals surface area contributed by atoms with E-state index in [4.69, 9.17) is 0 Å². The highest BCUT2D eigenvalue weighted by atomic mass is 15.1. The van der Waals surface area contributed by atoms with Crippen molar-refractivity contribution in [1.82, 2.24) is 4.57 Å². The van der Waals surface area contributed by atoms with Gasteiger partial charge in [0.15, 0.2) is 0 Å². The smallest absolute Gasteiger partial charge is 0.0541 e. The van der Waals surface area contributed by atoms with Crippen molar-refractivity contribution >= 4 is 38.9 Å². The highest BCUT2D eigenvalue weighted by Gasteiger charge is 2.59. The summed E-state index contributed by atoms with van der Waals surface area (Å²) in [6.45, 7) is 9.99. The Morgan fingerprint density at radius 3 is 1.52 bits per heavy atom. The van der Waals surface area contributed by atoms with Crippen LogP contribution >= 0.6 is 0 Å². The first-order valence-corrected chi connectivity index (χ1v) is 23.7. The molecule has 2 nitrogen and oxygen atoms in total. The molecule has 0 amide bonds. The third-order valence-electron chi connectivity index (χ3n) is 15.9. The molecule has 2 saturated carbocycles. The van der Waals surface area contributed by atoms with E-state index < -0.39 is 0 Å². The molecular weight excluding hydrogens is 773 g/mol. The Morgan fingerprint density at radius 1 is 0.422 bits per heavy atom. The second-order valence-corrected chi connectivity index (χ2v) is 20.0. The van der Waals surface area contributed by atoms with Crippen molar-refractivity contribution < 1.29 is 0 Å². The van der Waals surface area contributed by atoms with Gasteiger partial charge >= 0.3 is 0 Å². The van der Waals surface area contributed by atoms with Gasteiger partial charge < -0.3 is 9.47 Å². The molecule has 1 aromatic heterocycles. The predicted octanol–water partition coefficient (Wildman–Crippen LogP) is 16.6. The third kappa shape index (κ3) is 5.91. The van der Waals surface area contributed by atoms with Crippen LogP contribution in [0.3, 0.4) is 0 Å². The number of aromatic nitrogens is 1. The summed E-state index contributed by atoms with van der Waals surface area (Å²) < 4.78 is 2.44. The molecule has 0 atom stereocenters. The van der Waals surface area contributed by atoms with Gasteiger partial charge in [0.1, 0.15) is 0 Å². The Hall–Kier alpha value is -6.64. The molecule has 1 spiro atoms. The minimum absolute atomic E-state index is 0.0482. The van der Waals surface area contributed by atoms with Crippen molar-refractivity contribution in [2.45, 2.75) is 64.2 Å². The molecule has 0 N–H and O–H groups in total. The number of anilines is 3. The topological polar surface area (TPSA) is 8.17 Å². The molecule has 2 fully saturated rings. The maximum absolute atomic E-state index is 2.58. The van der Waals surface area contributed by atoms with Gasteiger partial charge in [-0.1, -0.05) is 167 Å². The molecule has 2 heteroatoms. The fourth-order valence-electron chi connectivity index (χ4n) is 13.3. The molecule has 0 aliphatic heterocycles. The molecule has 314 valence electrons. The van der Waals surface area contributed by atoms with Gasteiger partial charge in [-0.2, -0.15) is 0 Å². The number of nitrogens with zero attached hydrogens (tertiary/aromatic N) is 2. The molecule has 8 aromatic carbocycles. The molecule has 3 aliphatic carbocycles. The minimum Gasteiger partial charge on any atom is -0.310 e. The first-order valence-electron chi connectivity index (χ1n) is 23.7. The minimum atomic E-state index is -0.153. The van der Waals surface area contributed by atoms with Crippen molar-refractivity contribution in [3.05, 3.63) is 216 Å². The number of rotatable bonds is 6. The fraction of sp³-hybridized carbons (Fsp3) is 0.226. The molecular formula is C62H56N2. The Bertz CT molecular complexity index is 3100. The summed E-state index contributed by atoms with van der Waals surface area (Å²) in [5.74, 6) is 2.83. The Balaban J connectivity index is 1.01. The number of hydrogen-bond donors (Lipinski definition) is 0. The maximum Gasteiger partial charge on any atom is 0.0541 e. The predicted molar refractivity (Wildman–Crippen MR) is 269 cm³/mol. The molecule has 0 saturated heterocycles. The van der Waals surface area contributed by atoms with Crippen molar-refractivity contribution in [3.63, 3.8) is 0 Å². The molecule has 12 rings (SSSR count). The molecule has 0 radical (unpaired) electrons. The van der Waals surface area contributed by atoms with E-state index in [-0.39, 0.29) is 10.8 Å². The SMILES string of the molecule is CC1CC2CC(C)CC(C1)C21c2ccccc2C(C)(C)c2cc(N(c3ccc(-c4ccccc4)cc3)c3ccc(-c4ccccc4-n4c5ccccc5c5ccccc54)cc3)ccc21. The number of benzene rings is 8. The van der Waals surface area contributed by atoms with Crippen LogP contribution < -0.4 is 4.90 Å². The summed E-state index contributed by atoms with van der Waals surface area (Å²) >= 11 is 0. The normalized spacial score (nSPS) is 22.0. The van der Waals surface area contributed by atoms with Crippen LogP contribution in [0.5, 0.6) is 0 Å². The zero-order chi connectivity index (χ0) is 43.2. The van der Waals surface area contributed by atoms with Gasteiger partial charge in [-0.25, -0.2) is 0 Å². The molecule has 1 heterocycles. The molecule has 0 unspecified atom stereocenters. The molecule has 64 heavy (non-hydrogen) atoms. The van der Waals surface area contributed by atoms with Gasteiger partial charge in [0.2, 0.25) is 0 Å². The number of para-hydroxylation sites is 3. The van der Waals surface area contributed by atoms with Crippen molar-refractivity contribution in [3.8, 4) is 27.9 Å². The standard InChI is InChI=1S/C62H56N2/c1-41-36-46-38-42(2)39-47(37-41)62(46)55-22-12-11-21-54(55)61(3,4)57-40-50(34-35-56(57)62)63(48-30-26-44(27-31-48)43-16-6-5-7-17-43)49-32-28-45(29-33-49)51-18-8-13-23-58(51)64-59-24-14-9-19-52(59)53-20-10-15-25-60(53)64/h5-35,40-42,46-47H,36-39H2,1-4H3. The van der Waals surface area contributed by atoms with Crippen LogP contribution in [0.15, 0.2) is 194 Å². The van der Waals surface area contributed by atoms with Crippen LogP contribution in [-0.4, -0.2) is 4.57 Å². The lowest BCUT2D eigenvalue weighted by Gasteiger charge is -2.61. The summed E-state index contributed by atoms with van der Waals surface area (Å²) in [6.07, 6.45) is 5.23. The molecule has 9 aromatic rings. The van der Waals surface area contributed by atoms with E-state index in [0.29, 0.717) is 11.8 Å². The average Bonchev–Trinajstić information content (AvgIpc) is 3.66. The van der Waals surface area contributed by atoms with E-state index >= 15 is 0 Å². The van der Waals surface area contributed by atoms with Gasteiger partial charge in [-0.15, -0.1) is 0 Å². The second kappa shape index (κ2) is 15.0. The van der Waals surface area contributed by atoms with E-state index in [1.54, 1.807) is 11.1 Å². The van der Waals surface area contributed by atoms with E-state index in [9.17, 15) is 0 Å². The zero-order valence-corrected chi connectivity index (χ0v) is 37.5. The lowest BCUT2D eigenvalue weighted by atomic mass is 9.42. The van der Waals surface area contributed by atoms with E-state index in [1.807, 2.05) is 0 Å². The van der Waals surface area contributed by atoms with Gasteiger partial charge in [0.25, 0.3) is 0 Å². The quantitative estimate of drug-likeness (QED) is 0.162. The van der Waals surface area contributed by atoms with Crippen LogP contribution in [0.4, 0.5) is 17.1 Å². The lowest BCUT2D eigenvalue weighted by Crippen LogP contribution is -2.55. The summed E-state index contributed by atoms with van der Waals surface area (Å²) in [4.78, 5) is 2.49. The van der Waals surface area contributed by atoms with Gasteiger partial charge in [-0.05, 0) is 143 Å². The Morgan fingerprint density at radius 2 is 0.891 bits per heavy atom. The fourth-order valence-corrected chi connectivity index (χ4v) is 13.3. The first-order chi connectivity index (χ1) is 31.3.